The van der Waals surface area contributed by atoms with Crippen LogP contribution in [-0.4, -0.2) is 59.9 Å². The van der Waals surface area contributed by atoms with Crippen LogP contribution < -0.4 is 5.32 Å². The van der Waals surface area contributed by atoms with Crippen molar-refractivity contribution in [3.63, 3.8) is 0 Å². The number of rotatable bonds is 5. The molecular formula is C27H23FN4O3. The third-order valence-electron chi connectivity index (χ3n) is 5.81. The second-order valence-electron chi connectivity index (χ2n) is 8.07. The van der Waals surface area contributed by atoms with Gasteiger partial charge in [-0.1, -0.05) is 60.7 Å². The average molecular weight is 471 g/mol. The molecule has 0 radical (unpaired) electrons. The molecule has 4 rings (SSSR count). The third kappa shape index (κ3) is 5.53. The molecule has 3 amide bonds. The molecule has 0 aliphatic carbocycles. The molecule has 3 aromatic rings. The second-order valence-corrected chi connectivity index (χ2v) is 8.07. The van der Waals surface area contributed by atoms with Crippen LogP contribution >= 0.6 is 0 Å². The van der Waals surface area contributed by atoms with Crippen molar-refractivity contribution in [3.8, 4) is 11.1 Å². The normalized spacial score (nSPS) is 14.1. The van der Waals surface area contributed by atoms with Crippen molar-refractivity contribution in [2.45, 2.75) is 6.17 Å². The summed E-state index contributed by atoms with van der Waals surface area (Å²) in [6.07, 6.45) is -2.35. The van der Waals surface area contributed by atoms with Gasteiger partial charge in [-0.3, -0.25) is 14.4 Å². The number of carbonyl (C=O) groups excluding carboxylic acids is 3. The van der Waals surface area contributed by atoms with Crippen LogP contribution in [0.15, 0.2) is 78.9 Å². The standard InChI is InChI=1S/C27H23FN4O3/c1-29-23-9-5-8-21(18-23)26(34)31-14-16-32(17-15-31)27(35)24(28)25(33)30-22-12-10-20(11-13-22)19-6-3-2-4-7-19/h2-13,18,24H,14-17H2,(H,30,33). The molecule has 8 heteroatoms. The van der Waals surface area contributed by atoms with Crippen molar-refractivity contribution in [2.24, 2.45) is 0 Å². The van der Waals surface area contributed by atoms with Crippen LogP contribution in [0.25, 0.3) is 16.0 Å². The number of hydrogen-bond donors (Lipinski definition) is 1. The molecular weight excluding hydrogens is 447 g/mol. The maximum atomic E-state index is 14.7. The zero-order chi connectivity index (χ0) is 24.8. The summed E-state index contributed by atoms with van der Waals surface area (Å²) in [5.74, 6) is -2.21. The molecule has 1 aliphatic heterocycles. The molecule has 1 unspecified atom stereocenters. The SMILES string of the molecule is [C-]#[N+]c1cccc(C(=O)N2CCN(C(=O)C(F)C(=O)Nc3ccc(-c4ccccc4)cc3)CC2)c1. The van der Waals surface area contributed by atoms with E-state index in [9.17, 15) is 18.8 Å². The largest absolute Gasteiger partial charge is 0.336 e. The number of hydrogen-bond acceptors (Lipinski definition) is 3. The number of nitrogens with zero attached hydrogens (tertiary/aromatic N) is 3. The molecule has 0 bridgehead atoms. The predicted octanol–water partition coefficient (Wildman–Crippen LogP) is 4.17. The zero-order valence-corrected chi connectivity index (χ0v) is 18.9. The van der Waals surface area contributed by atoms with Crippen LogP contribution in [0.4, 0.5) is 15.8 Å². The van der Waals surface area contributed by atoms with Crippen LogP contribution in [0.1, 0.15) is 10.4 Å². The molecule has 1 N–H and O–H groups in total. The maximum Gasteiger partial charge on any atom is 0.268 e. The molecule has 0 saturated carbocycles. The van der Waals surface area contributed by atoms with Crippen LogP contribution in [0.5, 0.6) is 0 Å². The molecule has 7 nitrogen and oxygen atoms in total. The molecule has 3 aromatic carbocycles. The first-order chi connectivity index (χ1) is 17.0. The highest BCUT2D eigenvalue weighted by molar-refractivity contribution is 6.09. The Morgan fingerprint density at radius 3 is 2.11 bits per heavy atom. The number of benzene rings is 3. The number of amides is 3. The Labute approximate surface area is 202 Å². The van der Waals surface area contributed by atoms with Crippen molar-refractivity contribution in [1.82, 2.24) is 9.80 Å². The molecule has 0 aromatic heterocycles. The van der Waals surface area contributed by atoms with Crippen molar-refractivity contribution in [1.29, 1.82) is 0 Å². The van der Waals surface area contributed by atoms with E-state index in [1.807, 2.05) is 42.5 Å². The van der Waals surface area contributed by atoms with Gasteiger partial charge in [-0.2, -0.15) is 0 Å². The van der Waals surface area contributed by atoms with Gasteiger partial charge in [-0.25, -0.2) is 9.24 Å². The number of alkyl halides is 1. The quantitative estimate of drug-likeness (QED) is 0.449. The van der Waals surface area contributed by atoms with Gasteiger partial charge in [-0.15, -0.1) is 0 Å². The summed E-state index contributed by atoms with van der Waals surface area (Å²) in [7, 11) is 0. The summed E-state index contributed by atoms with van der Waals surface area (Å²) in [5, 5.41) is 2.45. The predicted molar refractivity (Wildman–Crippen MR) is 131 cm³/mol. The van der Waals surface area contributed by atoms with Gasteiger partial charge in [0.25, 0.3) is 23.9 Å². The van der Waals surface area contributed by atoms with Gasteiger partial charge in [-0.05, 0) is 29.3 Å². The molecule has 35 heavy (non-hydrogen) atoms. The van der Waals surface area contributed by atoms with E-state index < -0.39 is 18.0 Å². The molecule has 0 spiro atoms. The third-order valence-corrected chi connectivity index (χ3v) is 5.81. The second kappa shape index (κ2) is 10.6. The van der Waals surface area contributed by atoms with Crippen molar-refractivity contribution >= 4 is 29.1 Å². The summed E-state index contributed by atoms with van der Waals surface area (Å²) in [5.41, 5.74) is 3.11. The van der Waals surface area contributed by atoms with Gasteiger partial charge in [0.15, 0.2) is 5.69 Å². The number of piperazine rings is 1. The Morgan fingerprint density at radius 2 is 1.46 bits per heavy atom. The number of nitrogens with one attached hydrogen (secondary N) is 1. The lowest BCUT2D eigenvalue weighted by Gasteiger charge is -2.35. The Bertz CT molecular complexity index is 1260. The fourth-order valence-corrected chi connectivity index (χ4v) is 3.88. The summed E-state index contributed by atoms with van der Waals surface area (Å²) in [6, 6.07) is 23.0. The molecule has 1 aliphatic rings. The Hall–Kier alpha value is -4.51. The fourth-order valence-electron chi connectivity index (χ4n) is 3.88. The van der Waals surface area contributed by atoms with Crippen LogP contribution in [0.2, 0.25) is 0 Å². The first-order valence-corrected chi connectivity index (χ1v) is 11.1. The van der Waals surface area contributed by atoms with Gasteiger partial charge in [0.05, 0.1) is 6.57 Å². The van der Waals surface area contributed by atoms with Gasteiger partial charge < -0.3 is 15.1 Å². The van der Waals surface area contributed by atoms with E-state index in [0.717, 1.165) is 11.1 Å². The Kier molecular flexibility index (Phi) is 7.17. The van der Waals surface area contributed by atoms with Crippen molar-refractivity contribution in [3.05, 3.63) is 95.8 Å². The van der Waals surface area contributed by atoms with Crippen LogP contribution in [-0.2, 0) is 9.59 Å². The van der Waals surface area contributed by atoms with E-state index >= 15 is 0 Å². The highest BCUT2D eigenvalue weighted by Gasteiger charge is 2.33. The van der Waals surface area contributed by atoms with Gasteiger partial charge in [0, 0.05) is 37.4 Å². The summed E-state index contributed by atoms with van der Waals surface area (Å²) in [6.45, 7) is 7.73. The Morgan fingerprint density at radius 1 is 0.829 bits per heavy atom. The summed E-state index contributed by atoms with van der Waals surface area (Å²) >= 11 is 0. The minimum atomic E-state index is -2.35. The topological polar surface area (TPSA) is 74.1 Å². The highest BCUT2D eigenvalue weighted by Crippen LogP contribution is 2.21. The summed E-state index contributed by atoms with van der Waals surface area (Å²) in [4.78, 5) is 43.7. The van der Waals surface area contributed by atoms with E-state index in [1.54, 1.807) is 35.2 Å². The minimum Gasteiger partial charge on any atom is -0.336 e. The smallest absolute Gasteiger partial charge is 0.268 e. The monoisotopic (exact) mass is 470 g/mol. The molecule has 176 valence electrons. The van der Waals surface area contributed by atoms with E-state index in [0.29, 0.717) is 16.9 Å². The maximum absolute atomic E-state index is 14.7. The Balaban J connectivity index is 1.30. The van der Waals surface area contributed by atoms with E-state index in [-0.39, 0.29) is 32.1 Å². The molecule has 1 saturated heterocycles. The fraction of sp³-hybridized carbons (Fsp3) is 0.185. The lowest BCUT2D eigenvalue weighted by Crippen LogP contribution is -2.53. The van der Waals surface area contributed by atoms with Gasteiger partial charge in [0.2, 0.25) is 0 Å². The van der Waals surface area contributed by atoms with Crippen LogP contribution in [0, 0.1) is 6.57 Å². The molecule has 1 atom stereocenters. The first kappa shape index (κ1) is 23.6. The summed E-state index contributed by atoms with van der Waals surface area (Å²) < 4.78 is 14.7. The highest BCUT2D eigenvalue weighted by atomic mass is 19.1. The lowest BCUT2D eigenvalue weighted by atomic mass is 10.1. The van der Waals surface area contributed by atoms with E-state index in [4.69, 9.17) is 6.57 Å². The zero-order valence-electron chi connectivity index (χ0n) is 18.9. The van der Waals surface area contributed by atoms with Crippen molar-refractivity contribution < 1.29 is 18.8 Å². The van der Waals surface area contributed by atoms with E-state index in [2.05, 4.69) is 10.2 Å². The minimum absolute atomic E-state index is 0.118. The van der Waals surface area contributed by atoms with Crippen molar-refractivity contribution in [2.75, 3.05) is 31.5 Å². The average Bonchev–Trinajstić information content (AvgIpc) is 2.92. The molecule has 1 fully saturated rings. The van der Waals surface area contributed by atoms with Gasteiger partial charge >= 0.3 is 0 Å². The van der Waals surface area contributed by atoms with E-state index in [1.165, 1.54) is 11.0 Å². The van der Waals surface area contributed by atoms with Crippen LogP contribution in [0.3, 0.4) is 0 Å². The lowest BCUT2D eigenvalue weighted by molar-refractivity contribution is -0.142. The number of halogens is 1. The molecule has 1 heterocycles. The first-order valence-electron chi connectivity index (χ1n) is 11.1. The van der Waals surface area contributed by atoms with Gasteiger partial charge in [0.1, 0.15) is 0 Å². The number of carbonyl (C=O) groups is 3. The number of anilines is 1.